The Balaban J connectivity index is 1.43. The molecule has 3 rings (SSSR count). The fraction of sp³-hybridized carbons (Fsp3) is 0.238. The first-order chi connectivity index (χ1) is 13.1. The number of hydrogen-bond acceptors (Lipinski definition) is 4. The summed E-state index contributed by atoms with van der Waals surface area (Å²) in [5, 5.41) is 3.54. The average molecular weight is 384 g/mol. The molecule has 0 spiro atoms. The quantitative estimate of drug-likeness (QED) is 0.634. The SMILES string of the molecule is CN(CCNC(=O)CCc1ncc(-c2ccccc2Cl)o1)c1ccccc1. The van der Waals surface area contributed by atoms with Gasteiger partial charge in [-0.3, -0.25) is 4.79 Å². The molecule has 1 heterocycles. The standard InChI is InChI=1S/C21H22ClN3O2/c1-25(16-7-3-2-4-8-16)14-13-23-20(26)11-12-21-24-15-19(27-21)17-9-5-6-10-18(17)22/h2-10,15H,11-14H2,1H3,(H,23,26). The molecule has 1 N–H and O–H groups in total. The van der Waals surface area contributed by atoms with Gasteiger partial charge in [0, 0.05) is 44.2 Å². The van der Waals surface area contributed by atoms with Crippen LogP contribution in [0.2, 0.25) is 5.02 Å². The summed E-state index contributed by atoms with van der Waals surface area (Å²) in [4.78, 5) is 18.4. The second-order valence-corrected chi connectivity index (χ2v) is 6.61. The van der Waals surface area contributed by atoms with Crippen LogP contribution in [0.15, 0.2) is 65.2 Å². The lowest BCUT2D eigenvalue weighted by molar-refractivity contribution is -0.121. The van der Waals surface area contributed by atoms with E-state index >= 15 is 0 Å². The molecule has 0 atom stereocenters. The summed E-state index contributed by atoms with van der Waals surface area (Å²) in [6, 6.07) is 17.5. The van der Waals surface area contributed by atoms with E-state index in [0.717, 1.165) is 17.8 Å². The molecule has 0 bridgehead atoms. The van der Waals surface area contributed by atoms with Crippen molar-refractivity contribution in [3.8, 4) is 11.3 Å². The topological polar surface area (TPSA) is 58.4 Å². The minimum atomic E-state index is -0.0195. The number of amides is 1. The van der Waals surface area contributed by atoms with E-state index in [1.165, 1.54) is 0 Å². The van der Waals surface area contributed by atoms with Crippen molar-refractivity contribution in [1.29, 1.82) is 0 Å². The highest BCUT2D eigenvalue weighted by Gasteiger charge is 2.11. The van der Waals surface area contributed by atoms with Crippen LogP contribution in [0.1, 0.15) is 12.3 Å². The lowest BCUT2D eigenvalue weighted by atomic mass is 10.2. The lowest BCUT2D eigenvalue weighted by Crippen LogP contribution is -2.33. The smallest absolute Gasteiger partial charge is 0.220 e. The van der Waals surface area contributed by atoms with Gasteiger partial charge in [-0.15, -0.1) is 0 Å². The lowest BCUT2D eigenvalue weighted by Gasteiger charge is -2.19. The molecule has 1 aromatic heterocycles. The Morgan fingerprint density at radius 2 is 1.89 bits per heavy atom. The van der Waals surface area contributed by atoms with Crippen molar-refractivity contribution in [1.82, 2.24) is 10.3 Å². The van der Waals surface area contributed by atoms with Crippen LogP contribution < -0.4 is 10.2 Å². The zero-order chi connectivity index (χ0) is 19.1. The van der Waals surface area contributed by atoms with E-state index in [1.807, 2.05) is 55.6 Å². The summed E-state index contributed by atoms with van der Waals surface area (Å²) in [5.74, 6) is 1.12. The van der Waals surface area contributed by atoms with Gasteiger partial charge in [-0.1, -0.05) is 41.9 Å². The maximum Gasteiger partial charge on any atom is 0.220 e. The first-order valence-corrected chi connectivity index (χ1v) is 9.24. The van der Waals surface area contributed by atoms with E-state index in [1.54, 1.807) is 12.3 Å². The van der Waals surface area contributed by atoms with Gasteiger partial charge in [-0.2, -0.15) is 0 Å². The van der Waals surface area contributed by atoms with Gasteiger partial charge in [0.25, 0.3) is 0 Å². The number of aromatic nitrogens is 1. The van der Waals surface area contributed by atoms with Crippen molar-refractivity contribution in [3.05, 3.63) is 71.7 Å². The largest absolute Gasteiger partial charge is 0.441 e. The Bertz CT molecular complexity index is 880. The van der Waals surface area contributed by atoms with Crippen LogP contribution in [0.3, 0.4) is 0 Å². The molecule has 0 unspecified atom stereocenters. The molecular formula is C21H22ClN3O2. The van der Waals surface area contributed by atoms with E-state index in [2.05, 4.69) is 15.2 Å². The predicted molar refractivity (Wildman–Crippen MR) is 108 cm³/mol. The number of aryl methyl sites for hydroxylation is 1. The summed E-state index contributed by atoms with van der Waals surface area (Å²) in [6.07, 6.45) is 2.42. The summed E-state index contributed by atoms with van der Waals surface area (Å²) < 4.78 is 5.72. The molecule has 0 aliphatic carbocycles. The molecule has 0 radical (unpaired) electrons. The third kappa shape index (κ3) is 5.34. The molecular weight excluding hydrogens is 362 g/mol. The summed E-state index contributed by atoms with van der Waals surface area (Å²) in [7, 11) is 2.00. The van der Waals surface area contributed by atoms with Gasteiger partial charge in [0.05, 0.1) is 11.2 Å². The molecule has 6 heteroatoms. The number of hydrogen-bond donors (Lipinski definition) is 1. The number of carbonyl (C=O) groups is 1. The Labute approximate surface area is 164 Å². The summed E-state index contributed by atoms with van der Waals surface area (Å²) in [5.41, 5.74) is 1.92. The van der Waals surface area contributed by atoms with E-state index in [0.29, 0.717) is 36.1 Å². The third-order valence-electron chi connectivity index (χ3n) is 4.23. The van der Waals surface area contributed by atoms with Crippen LogP contribution >= 0.6 is 11.6 Å². The average Bonchev–Trinajstić information content (AvgIpc) is 3.16. The van der Waals surface area contributed by atoms with Crippen LogP contribution in [0, 0.1) is 0 Å². The number of halogens is 1. The Morgan fingerprint density at radius 1 is 1.15 bits per heavy atom. The van der Waals surface area contributed by atoms with Crippen LogP contribution in [0.5, 0.6) is 0 Å². The molecule has 27 heavy (non-hydrogen) atoms. The molecule has 0 fully saturated rings. The molecule has 140 valence electrons. The Morgan fingerprint density at radius 3 is 2.67 bits per heavy atom. The monoisotopic (exact) mass is 383 g/mol. The molecule has 0 aliphatic rings. The highest BCUT2D eigenvalue weighted by atomic mass is 35.5. The minimum Gasteiger partial charge on any atom is -0.441 e. The molecule has 0 aliphatic heterocycles. The molecule has 2 aromatic carbocycles. The van der Waals surface area contributed by atoms with Crippen molar-refractivity contribution in [2.45, 2.75) is 12.8 Å². The highest BCUT2D eigenvalue weighted by molar-refractivity contribution is 6.33. The van der Waals surface area contributed by atoms with Crippen molar-refractivity contribution >= 4 is 23.2 Å². The molecule has 0 saturated heterocycles. The van der Waals surface area contributed by atoms with Crippen molar-refractivity contribution < 1.29 is 9.21 Å². The van der Waals surface area contributed by atoms with Crippen molar-refractivity contribution in [3.63, 3.8) is 0 Å². The molecule has 1 amide bonds. The Hall–Kier alpha value is -2.79. The van der Waals surface area contributed by atoms with Gasteiger partial charge in [0.2, 0.25) is 5.91 Å². The second kappa shape index (κ2) is 9.24. The van der Waals surface area contributed by atoms with E-state index < -0.39 is 0 Å². The van der Waals surface area contributed by atoms with Gasteiger partial charge >= 0.3 is 0 Å². The van der Waals surface area contributed by atoms with Crippen LogP contribution in [-0.4, -0.2) is 31.0 Å². The second-order valence-electron chi connectivity index (χ2n) is 6.21. The molecule has 3 aromatic rings. The number of rotatable bonds is 8. The predicted octanol–water partition coefficient (Wildman–Crippen LogP) is 4.18. The number of benzene rings is 2. The number of nitrogens with zero attached hydrogens (tertiary/aromatic N) is 2. The number of para-hydroxylation sites is 1. The summed E-state index contributed by atoms with van der Waals surface area (Å²) in [6.45, 7) is 1.33. The normalized spacial score (nSPS) is 10.6. The Kier molecular flexibility index (Phi) is 6.49. The van der Waals surface area contributed by atoms with E-state index in [4.69, 9.17) is 16.0 Å². The van der Waals surface area contributed by atoms with Crippen LogP contribution in [0.25, 0.3) is 11.3 Å². The maximum atomic E-state index is 12.0. The highest BCUT2D eigenvalue weighted by Crippen LogP contribution is 2.28. The number of carbonyl (C=O) groups excluding carboxylic acids is 1. The number of oxazole rings is 1. The van der Waals surface area contributed by atoms with Gasteiger partial charge in [0.1, 0.15) is 0 Å². The number of likely N-dealkylation sites (N-methyl/N-ethyl adjacent to an activating group) is 1. The van der Waals surface area contributed by atoms with Gasteiger partial charge in [-0.05, 0) is 24.3 Å². The van der Waals surface area contributed by atoms with E-state index in [9.17, 15) is 4.79 Å². The van der Waals surface area contributed by atoms with Crippen molar-refractivity contribution in [2.24, 2.45) is 0 Å². The first kappa shape index (κ1) is 19.0. The fourth-order valence-corrected chi connectivity index (χ4v) is 2.92. The number of nitrogens with one attached hydrogen (secondary N) is 1. The minimum absolute atomic E-state index is 0.0195. The first-order valence-electron chi connectivity index (χ1n) is 8.86. The molecule has 0 saturated carbocycles. The van der Waals surface area contributed by atoms with Gasteiger partial charge < -0.3 is 14.6 Å². The van der Waals surface area contributed by atoms with Gasteiger partial charge in [0.15, 0.2) is 11.7 Å². The third-order valence-corrected chi connectivity index (χ3v) is 4.55. The fourth-order valence-electron chi connectivity index (χ4n) is 2.69. The van der Waals surface area contributed by atoms with Gasteiger partial charge in [-0.25, -0.2) is 4.98 Å². The van der Waals surface area contributed by atoms with Crippen molar-refractivity contribution in [2.75, 3.05) is 25.0 Å². The van der Waals surface area contributed by atoms with Crippen LogP contribution in [-0.2, 0) is 11.2 Å². The zero-order valence-electron chi connectivity index (χ0n) is 15.2. The molecule has 5 nitrogen and oxygen atoms in total. The van der Waals surface area contributed by atoms with E-state index in [-0.39, 0.29) is 5.91 Å². The summed E-state index contributed by atoms with van der Waals surface area (Å²) >= 11 is 6.17. The number of anilines is 1. The maximum absolute atomic E-state index is 12.0. The zero-order valence-corrected chi connectivity index (χ0v) is 15.9. The van der Waals surface area contributed by atoms with Crippen LogP contribution in [0.4, 0.5) is 5.69 Å².